The van der Waals surface area contributed by atoms with E-state index in [0.717, 1.165) is 31.6 Å². The summed E-state index contributed by atoms with van der Waals surface area (Å²) < 4.78 is 4.99. The quantitative estimate of drug-likeness (QED) is 0.577. The highest BCUT2D eigenvalue weighted by Gasteiger charge is 2.18. The molecule has 1 aromatic carbocycles. The van der Waals surface area contributed by atoms with Crippen LogP contribution in [-0.4, -0.2) is 61.0 Å². The van der Waals surface area contributed by atoms with Gasteiger partial charge in [-0.2, -0.15) is 0 Å². The van der Waals surface area contributed by atoms with Crippen molar-refractivity contribution >= 4 is 11.9 Å². The third-order valence-electron chi connectivity index (χ3n) is 4.35. The van der Waals surface area contributed by atoms with Gasteiger partial charge in [0.25, 0.3) is 5.91 Å². The zero-order valence-corrected chi connectivity index (χ0v) is 16.1. The van der Waals surface area contributed by atoms with Gasteiger partial charge in [-0.1, -0.05) is 32.0 Å². The number of ether oxygens (including phenoxy) is 1. The largest absolute Gasteiger partial charge is 0.466 e. The van der Waals surface area contributed by atoms with Gasteiger partial charge in [-0.15, -0.1) is 0 Å². The number of rotatable bonds is 11. The molecule has 0 N–H and O–H groups in total. The van der Waals surface area contributed by atoms with Gasteiger partial charge in [0.15, 0.2) is 0 Å². The first-order valence-electron chi connectivity index (χ1n) is 9.26. The molecule has 1 aromatic rings. The van der Waals surface area contributed by atoms with Gasteiger partial charge >= 0.3 is 5.97 Å². The number of hydrogen-bond acceptors (Lipinski definition) is 4. The first-order valence-corrected chi connectivity index (χ1v) is 9.26. The van der Waals surface area contributed by atoms with Crippen LogP contribution in [0.5, 0.6) is 0 Å². The molecule has 0 spiro atoms. The molecule has 0 aliphatic heterocycles. The van der Waals surface area contributed by atoms with Crippen LogP contribution in [0.3, 0.4) is 0 Å². The summed E-state index contributed by atoms with van der Waals surface area (Å²) in [6.45, 7) is 12.4. The Morgan fingerprint density at radius 2 is 1.68 bits per heavy atom. The molecule has 1 amide bonds. The van der Waals surface area contributed by atoms with Crippen LogP contribution in [0, 0.1) is 6.92 Å². The van der Waals surface area contributed by atoms with Gasteiger partial charge in [-0.25, -0.2) is 0 Å². The SMILES string of the molecule is CCOC(=O)CCN(CCCN(CC)CC)C(=O)c1ccccc1C. The predicted molar refractivity (Wildman–Crippen MR) is 101 cm³/mol. The summed E-state index contributed by atoms with van der Waals surface area (Å²) in [6, 6.07) is 7.58. The van der Waals surface area contributed by atoms with Crippen molar-refractivity contribution in [2.24, 2.45) is 0 Å². The second kappa shape index (κ2) is 11.6. The summed E-state index contributed by atoms with van der Waals surface area (Å²) in [5.74, 6) is -0.268. The Balaban J connectivity index is 2.74. The van der Waals surface area contributed by atoms with E-state index in [2.05, 4.69) is 18.7 Å². The number of hydrogen-bond donors (Lipinski definition) is 0. The summed E-state index contributed by atoms with van der Waals surface area (Å²) in [7, 11) is 0. The summed E-state index contributed by atoms with van der Waals surface area (Å²) in [4.78, 5) is 28.7. The van der Waals surface area contributed by atoms with Gasteiger partial charge in [-0.05, 0) is 51.5 Å². The normalized spacial score (nSPS) is 10.8. The maximum atomic E-state index is 12.9. The van der Waals surface area contributed by atoms with E-state index < -0.39 is 0 Å². The van der Waals surface area contributed by atoms with Crippen molar-refractivity contribution in [3.63, 3.8) is 0 Å². The van der Waals surface area contributed by atoms with E-state index in [1.807, 2.05) is 31.2 Å². The molecule has 5 nitrogen and oxygen atoms in total. The Hall–Kier alpha value is -1.88. The van der Waals surface area contributed by atoms with Crippen LogP contribution in [0.2, 0.25) is 0 Å². The molecule has 0 aliphatic carbocycles. The van der Waals surface area contributed by atoms with Crippen LogP contribution >= 0.6 is 0 Å². The van der Waals surface area contributed by atoms with Gasteiger partial charge in [0, 0.05) is 18.7 Å². The highest BCUT2D eigenvalue weighted by atomic mass is 16.5. The minimum absolute atomic E-state index is 0.0121. The Labute approximate surface area is 151 Å². The lowest BCUT2D eigenvalue weighted by Gasteiger charge is -2.25. The van der Waals surface area contributed by atoms with E-state index in [1.54, 1.807) is 11.8 Å². The molecule has 5 heteroatoms. The summed E-state index contributed by atoms with van der Waals surface area (Å²) in [6.07, 6.45) is 1.12. The maximum Gasteiger partial charge on any atom is 0.307 e. The van der Waals surface area contributed by atoms with E-state index in [1.165, 1.54) is 0 Å². The van der Waals surface area contributed by atoms with E-state index in [9.17, 15) is 9.59 Å². The number of carbonyl (C=O) groups excluding carboxylic acids is 2. The van der Waals surface area contributed by atoms with E-state index in [-0.39, 0.29) is 18.3 Å². The second-order valence-electron chi connectivity index (χ2n) is 6.04. The molecule has 0 aliphatic rings. The molecular weight excluding hydrogens is 316 g/mol. The van der Waals surface area contributed by atoms with Crippen LogP contribution in [-0.2, 0) is 9.53 Å². The second-order valence-corrected chi connectivity index (χ2v) is 6.04. The highest BCUT2D eigenvalue weighted by Crippen LogP contribution is 2.12. The molecule has 0 aromatic heterocycles. The van der Waals surface area contributed by atoms with Crippen LogP contribution in [0.15, 0.2) is 24.3 Å². The number of amides is 1. The fourth-order valence-corrected chi connectivity index (χ4v) is 2.78. The Kier molecular flexibility index (Phi) is 9.85. The van der Waals surface area contributed by atoms with Crippen LogP contribution < -0.4 is 0 Å². The molecule has 0 saturated heterocycles. The highest BCUT2D eigenvalue weighted by molar-refractivity contribution is 5.95. The number of benzene rings is 1. The average molecular weight is 348 g/mol. The first kappa shape index (κ1) is 21.2. The average Bonchev–Trinajstić information content (AvgIpc) is 2.61. The van der Waals surface area contributed by atoms with Crippen molar-refractivity contribution in [1.82, 2.24) is 9.80 Å². The van der Waals surface area contributed by atoms with E-state index >= 15 is 0 Å². The van der Waals surface area contributed by atoms with Crippen molar-refractivity contribution in [3.8, 4) is 0 Å². The fourth-order valence-electron chi connectivity index (χ4n) is 2.78. The lowest BCUT2D eigenvalue weighted by Crippen LogP contribution is -2.36. The number of esters is 1. The first-order chi connectivity index (χ1) is 12.0. The number of aryl methyl sites for hydroxylation is 1. The number of carbonyl (C=O) groups is 2. The zero-order chi connectivity index (χ0) is 18.7. The molecule has 140 valence electrons. The molecular formula is C20H32N2O3. The Morgan fingerprint density at radius 1 is 1.00 bits per heavy atom. The molecule has 0 fully saturated rings. The minimum atomic E-state index is -0.256. The lowest BCUT2D eigenvalue weighted by molar-refractivity contribution is -0.143. The van der Waals surface area contributed by atoms with Crippen LogP contribution in [0.4, 0.5) is 0 Å². The van der Waals surface area contributed by atoms with Gasteiger partial charge in [0.1, 0.15) is 0 Å². The summed E-state index contributed by atoms with van der Waals surface area (Å²) in [5.41, 5.74) is 1.66. The summed E-state index contributed by atoms with van der Waals surface area (Å²) in [5, 5.41) is 0. The standard InChI is InChI=1S/C20H32N2O3/c1-5-21(6-2)14-10-15-22(16-13-19(23)25-7-3)20(24)18-12-9-8-11-17(18)4/h8-9,11-12H,5-7,10,13-16H2,1-4H3. The van der Waals surface area contributed by atoms with Crippen molar-refractivity contribution in [3.05, 3.63) is 35.4 Å². The number of nitrogens with zero attached hydrogens (tertiary/aromatic N) is 2. The van der Waals surface area contributed by atoms with Gasteiger partial charge < -0.3 is 14.5 Å². The van der Waals surface area contributed by atoms with Crippen LogP contribution in [0.1, 0.15) is 49.5 Å². The third-order valence-corrected chi connectivity index (χ3v) is 4.35. The molecule has 0 bridgehead atoms. The third kappa shape index (κ3) is 7.26. The smallest absolute Gasteiger partial charge is 0.307 e. The van der Waals surface area contributed by atoms with Gasteiger partial charge in [-0.3, -0.25) is 9.59 Å². The monoisotopic (exact) mass is 348 g/mol. The maximum absolute atomic E-state index is 12.9. The zero-order valence-electron chi connectivity index (χ0n) is 16.1. The topological polar surface area (TPSA) is 49.9 Å². The fraction of sp³-hybridized carbons (Fsp3) is 0.600. The Morgan fingerprint density at radius 3 is 2.28 bits per heavy atom. The molecule has 0 saturated carbocycles. The van der Waals surface area contributed by atoms with Crippen molar-refractivity contribution < 1.29 is 14.3 Å². The summed E-state index contributed by atoms with van der Waals surface area (Å²) >= 11 is 0. The van der Waals surface area contributed by atoms with Gasteiger partial charge in [0.2, 0.25) is 0 Å². The van der Waals surface area contributed by atoms with Crippen molar-refractivity contribution in [2.45, 2.75) is 40.5 Å². The lowest BCUT2D eigenvalue weighted by atomic mass is 10.1. The predicted octanol–water partition coefficient (Wildman–Crippen LogP) is 3.12. The molecule has 0 heterocycles. The minimum Gasteiger partial charge on any atom is -0.466 e. The van der Waals surface area contributed by atoms with E-state index in [0.29, 0.717) is 25.3 Å². The molecule has 25 heavy (non-hydrogen) atoms. The Bertz CT molecular complexity index is 541. The van der Waals surface area contributed by atoms with Gasteiger partial charge in [0.05, 0.1) is 13.0 Å². The van der Waals surface area contributed by atoms with Crippen molar-refractivity contribution in [1.29, 1.82) is 0 Å². The van der Waals surface area contributed by atoms with Crippen LogP contribution in [0.25, 0.3) is 0 Å². The molecule has 0 unspecified atom stereocenters. The van der Waals surface area contributed by atoms with Crippen molar-refractivity contribution in [2.75, 3.05) is 39.3 Å². The molecule has 0 radical (unpaired) electrons. The van der Waals surface area contributed by atoms with E-state index in [4.69, 9.17) is 4.74 Å². The molecule has 1 rings (SSSR count). The molecule has 0 atom stereocenters.